The van der Waals surface area contributed by atoms with E-state index in [1.165, 1.54) is 24.3 Å². The molecule has 2 aromatic rings. The number of likely N-dealkylation sites (tertiary alicyclic amines) is 1. The van der Waals surface area contributed by atoms with Crippen LogP contribution in [0.4, 0.5) is 4.39 Å². The van der Waals surface area contributed by atoms with Crippen LogP contribution in [0, 0.1) is 17.7 Å². The molecule has 0 N–H and O–H groups in total. The van der Waals surface area contributed by atoms with Gasteiger partial charge in [-0.25, -0.2) is 4.39 Å². The number of esters is 1. The highest BCUT2D eigenvalue weighted by Crippen LogP contribution is 2.34. The van der Waals surface area contributed by atoms with Gasteiger partial charge in [0.15, 0.2) is 13.2 Å². The molecule has 1 aromatic carbocycles. The van der Waals surface area contributed by atoms with Crippen molar-refractivity contribution in [2.45, 2.75) is 26.1 Å². The van der Waals surface area contributed by atoms with Crippen LogP contribution in [0.1, 0.15) is 24.6 Å². The summed E-state index contributed by atoms with van der Waals surface area (Å²) in [6, 6.07) is 5.45. The molecule has 4 rings (SSSR count). The molecule has 1 saturated heterocycles. The van der Waals surface area contributed by atoms with Crippen molar-refractivity contribution >= 4 is 17.8 Å². The van der Waals surface area contributed by atoms with E-state index in [1.807, 2.05) is 12.2 Å². The van der Waals surface area contributed by atoms with Crippen LogP contribution in [0.25, 0.3) is 0 Å². The summed E-state index contributed by atoms with van der Waals surface area (Å²) >= 11 is 0. The summed E-state index contributed by atoms with van der Waals surface area (Å²) in [5.74, 6) is -1.91. The molecule has 2 amide bonds. The number of hydrogen-bond acceptors (Lipinski definition) is 8. The van der Waals surface area contributed by atoms with Gasteiger partial charge in [-0.1, -0.05) is 17.3 Å². The number of imide groups is 1. The van der Waals surface area contributed by atoms with Gasteiger partial charge >= 0.3 is 5.97 Å². The summed E-state index contributed by atoms with van der Waals surface area (Å²) in [5.41, 5.74) is 0. The molecular weight excluding hydrogens is 397 g/mol. The van der Waals surface area contributed by atoms with E-state index >= 15 is 0 Å². The Hall–Kier alpha value is -3.56. The van der Waals surface area contributed by atoms with Crippen molar-refractivity contribution in [2.75, 3.05) is 6.54 Å². The van der Waals surface area contributed by atoms with Crippen molar-refractivity contribution in [3.05, 3.63) is 53.9 Å². The first-order chi connectivity index (χ1) is 14.5. The molecule has 0 spiro atoms. The number of rotatable bonds is 7. The van der Waals surface area contributed by atoms with Crippen molar-refractivity contribution in [3.63, 3.8) is 0 Å². The van der Waals surface area contributed by atoms with Crippen LogP contribution < -0.4 is 4.74 Å². The molecule has 1 fully saturated rings. The number of nitrogens with zero attached hydrogens (tertiary/aromatic N) is 3. The second-order valence-electron chi connectivity index (χ2n) is 6.93. The van der Waals surface area contributed by atoms with Crippen LogP contribution in [0.2, 0.25) is 0 Å². The molecule has 2 unspecified atom stereocenters. The second-order valence-corrected chi connectivity index (χ2v) is 6.93. The van der Waals surface area contributed by atoms with Crippen molar-refractivity contribution < 1.29 is 32.8 Å². The number of amides is 2. The number of ether oxygens (including phenoxy) is 2. The van der Waals surface area contributed by atoms with E-state index in [9.17, 15) is 18.8 Å². The summed E-state index contributed by atoms with van der Waals surface area (Å²) in [6.45, 7) is -0.761. The minimum absolute atomic E-state index is 0.0172. The zero-order valence-electron chi connectivity index (χ0n) is 15.8. The number of carbonyl (C=O) groups is 3. The summed E-state index contributed by atoms with van der Waals surface area (Å²) in [7, 11) is 0. The number of halogens is 1. The van der Waals surface area contributed by atoms with Crippen LogP contribution in [-0.2, 0) is 32.3 Å². The maximum absolute atomic E-state index is 12.9. The highest BCUT2D eigenvalue weighted by Gasteiger charge is 2.47. The Morgan fingerprint density at radius 3 is 2.43 bits per heavy atom. The van der Waals surface area contributed by atoms with Gasteiger partial charge in [-0.15, -0.1) is 0 Å². The molecule has 0 bridgehead atoms. The molecule has 2 aliphatic rings. The van der Waals surface area contributed by atoms with Crippen molar-refractivity contribution in [3.8, 4) is 5.75 Å². The molecule has 10 heteroatoms. The summed E-state index contributed by atoms with van der Waals surface area (Å²) in [6.07, 6.45) is 4.76. The standard InChI is InChI=1S/C20H18FN3O6/c21-12-5-7-13(8-6-12)28-10-16-22-17(30-23-16)11-29-18(25)9-24-19(26)14-3-1-2-4-15(14)20(24)27/h1-2,5-8,14-15H,3-4,9-11H2. The quantitative estimate of drug-likeness (QED) is 0.382. The fourth-order valence-electron chi connectivity index (χ4n) is 3.43. The van der Waals surface area contributed by atoms with Crippen LogP contribution in [0.3, 0.4) is 0 Å². The molecule has 1 aliphatic carbocycles. The lowest BCUT2D eigenvalue weighted by Crippen LogP contribution is -2.36. The molecule has 156 valence electrons. The predicted octanol–water partition coefficient (Wildman–Crippen LogP) is 1.78. The number of aromatic nitrogens is 2. The Bertz CT molecular complexity index is 961. The maximum atomic E-state index is 12.9. The van der Waals surface area contributed by atoms with Crippen LogP contribution in [-0.4, -0.2) is 39.4 Å². The lowest BCUT2D eigenvalue weighted by atomic mass is 9.85. The fourth-order valence-corrected chi connectivity index (χ4v) is 3.43. The predicted molar refractivity (Wildman–Crippen MR) is 96.9 cm³/mol. The number of allylic oxidation sites excluding steroid dienone is 2. The van der Waals surface area contributed by atoms with Gasteiger partial charge in [0.1, 0.15) is 18.1 Å². The smallest absolute Gasteiger partial charge is 0.326 e. The molecule has 1 aliphatic heterocycles. The summed E-state index contributed by atoms with van der Waals surface area (Å²) < 4.78 is 28.3. The number of hydrogen-bond donors (Lipinski definition) is 0. The average molecular weight is 415 g/mol. The van der Waals surface area contributed by atoms with E-state index in [2.05, 4.69) is 10.1 Å². The number of benzene rings is 1. The highest BCUT2D eigenvalue weighted by molar-refractivity contribution is 6.07. The van der Waals surface area contributed by atoms with E-state index in [-0.39, 0.29) is 42.6 Å². The second kappa shape index (κ2) is 8.44. The average Bonchev–Trinajstić information content (AvgIpc) is 3.31. The van der Waals surface area contributed by atoms with E-state index in [1.54, 1.807) is 0 Å². The van der Waals surface area contributed by atoms with Crippen molar-refractivity contribution in [1.82, 2.24) is 15.0 Å². The largest absolute Gasteiger partial charge is 0.485 e. The topological polar surface area (TPSA) is 112 Å². The van der Waals surface area contributed by atoms with Crippen LogP contribution in [0.5, 0.6) is 5.75 Å². The van der Waals surface area contributed by atoms with Crippen LogP contribution in [0.15, 0.2) is 40.9 Å². The van der Waals surface area contributed by atoms with Gasteiger partial charge in [0, 0.05) is 0 Å². The molecule has 0 saturated carbocycles. The van der Waals surface area contributed by atoms with E-state index in [0.717, 1.165) is 4.90 Å². The number of carbonyl (C=O) groups excluding carboxylic acids is 3. The third kappa shape index (κ3) is 4.22. The lowest BCUT2D eigenvalue weighted by molar-refractivity contribution is -0.154. The number of fused-ring (bicyclic) bond motifs is 1. The van der Waals surface area contributed by atoms with E-state index in [0.29, 0.717) is 18.6 Å². The van der Waals surface area contributed by atoms with Gasteiger partial charge in [-0.3, -0.25) is 19.3 Å². The Morgan fingerprint density at radius 2 is 1.77 bits per heavy atom. The normalized spacial score (nSPS) is 20.4. The molecule has 2 atom stereocenters. The highest BCUT2D eigenvalue weighted by atomic mass is 19.1. The first-order valence-corrected chi connectivity index (χ1v) is 9.37. The van der Waals surface area contributed by atoms with Gasteiger partial charge in [-0.2, -0.15) is 4.98 Å². The molecule has 2 heterocycles. The molecular formula is C20H18FN3O6. The molecule has 9 nitrogen and oxygen atoms in total. The van der Waals surface area contributed by atoms with Crippen molar-refractivity contribution in [1.29, 1.82) is 0 Å². The minimum Gasteiger partial charge on any atom is -0.485 e. The van der Waals surface area contributed by atoms with Gasteiger partial charge < -0.3 is 14.0 Å². The molecule has 0 radical (unpaired) electrons. The van der Waals surface area contributed by atoms with Crippen LogP contribution >= 0.6 is 0 Å². The van der Waals surface area contributed by atoms with Gasteiger partial charge in [0.2, 0.25) is 17.6 Å². The third-order valence-corrected chi connectivity index (χ3v) is 4.93. The Morgan fingerprint density at radius 1 is 1.10 bits per heavy atom. The summed E-state index contributed by atoms with van der Waals surface area (Å²) in [4.78, 5) is 41.8. The lowest BCUT2D eigenvalue weighted by Gasteiger charge is -2.14. The SMILES string of the molecule is O=C(CN1C(=O)C2CC=CCC2C1=O)OCc1nc(COc2ccc(F)cc2)no1. The first kappa shape index (κ1) is 19.7. The van der Waals surface area contributed by atoms with E-state index < -0.39 is 24.3 Å². The Balaban J connectivity index is 1.25. The minimum atomic E-state index is -0.745. The Kier molecular flexibility index (Phi) is 5.55. The van der Waals surface area contributed by atoms with Gasteiger partial charge in [-0.05, 0) is 37.1 Å². The van der Waals surface area contributed by atoms with E-state index in [4.69, 9.17) is 14.0 Å². The van der Waals surface area contributed by atoms with Gasteiger partial charge in [0.25, 0.3) is 5.89 Å². The fraction of sp³-hybridized carbons (Fsp3) is 0.350. The Labute approximate surface area is 170 Å². The monoisotopic (exact) mass is 415 g/mol. The maximum Gasteiger partial charge on any atom is 0.326 e. The van der Waals surface area contributed by atoms with Gasteiger partial charge in [0.05, 0.1) is 11.8 Å². The van der Waals surface area contributed by atoms with Crippen molar-refractivity contribution in [2.24, 2.45) is 11.8 Å². The first-order valence-electron chi connectivity index (χ1n) is 9.37. The zero-order valence-corrected chi connectivity index (χ0v) is 15.8. The summed E-state index contributed by atoms with van der Waals surface area (Å²) in [5, 5.41) is 3.70. The molecule has 30 heavy (non-hydrogen) atoms. The zero-order chi connectivity index (χ0) is 21.1. The third-order valence-electron chi connectivity index (χ3n) is 4.93. The molecule has 1 aromatic heterocycles.